The Bertz CT molecular complexity index is 744. The van der Waals surface area contributed by atoms with Gasteiger partial charge in [-0.25, -0.2) is 0 Å². The second-order valence-electron chi connectivity index (χ2n) is 5.58. The summed E-state index contributed by atoms with van der Waals surface area (Å²) in [5.41, 5.74) is 1.50. The highest BCUT2D eigenvalue weighted by atomic mass is 35.5. The highest BCUT2D eigenvalue weighted by Crippen LogP contribution is 2.29. The fourth-order valence-corrected chi connectivity index (χ4v) is 3.24. The van der Waals surface area contributed by atoms with Crippen LogP contribution in [-0.4, -0.2) is 44.1 Å². The molecule has 1 aliphatic rings. The Kier molecular flexibility index (Phi) is 5.17. The first-order valence-electron chi connectivity index (χ1n) is 7.72. The van der Waals surface area contributed by atoms with E-state index in [0.29, 0.717) is 28.7 Å². The van der Waals surface area contributed by atoms with E-state index < -0.39 is 0 Å². The topological polar surface area (TPSA) is 32.8 Å². The molecule has 1 heterocycles. The van der Waals surface area contributed by atoms with Crippen molar-refractivity contribution in [3.05, 3.63) is 58.1 Å². The molecular weight excluding hydrogens is 347 g/mol. The summed E-state index contributed by atoms with van der Waals surface area (Å²) in [5, 5.41) is 0.937. The third-order valence-electron chi connectivity index (χ3n) is 4.15. The van der Waals surface area contributed by atoms with Crippen molar-refractivity contribution in [2.24, 2.45) is 0 Å². The number of anilines is 1. The molecule has 1 aliphatic heterocycles. The number of hydrogen-bond donors (Lipinski definition) is 0. The number of carbonyl (C=O) groups is 1. The quantitative estimate of drug-likeness (QED) is 0.825. The minimum Gasteiger partial charge on any atom is -0.495 e. The second kappa shape index (κ2) is 7.32. The summed E-state index contributed by atoms with van der Waals surface area (Å²) in [6.45, 7) is 2.73. The molecular formula is C18H18Cl2N2O2. The van der Waals surface area contributed by atoms with Gasteiger partial charge in [0.2, 0.25) is 0 Å². The van der Waals surface area contributed by atoms with Crippen LogP contribution in [0, 0.1) is 0 Å². The maximum Gasteiger partial charge on any atom is 0.255 e. The van der Waals surface area contributed by atoms with Gasteiger partial charge < -0.3 is 14.5 Å². The summed E-state index contributed by atoms with van der Waals surface area (Å²) in [4.78, 5) is 16.7. The van der Waals surface area contributed by atoms with Crippen LogP contribution in [0.2, 0.25) is 10.0 Å². The molecule has 0 bridgehead atoms. The van der Waals surface area contributed by atoms with Crippen LogP contribution in [-0.2, 0) is 0 Å². The minimum absolute atomic E-state index is 0.0813. The van der Waals surface area contributed by atoms with Crippen molar-refractivity contribution in [2.45, 2.75) is 0 Å². The largest absolute Gasteiger partial charge is 0.495 e. The number of methoxy groups -OCH3 is 1. The Labute approximate surface area is 151 Å². The van der Waals surface area contributed by atoms with Crippen molar-refractivity contribution in [2.75, 3.05) is 38.2 Å². The normalized spacial score (nSPS) is 14.6. The van der Waals surface area contributed by atoms with Gasteiger partial charge in [-0.2, -0.15) is 0 Å². The van der Waals surface area contributed by atoms with Crippen molar-refractivity contribution in [3.63, 3.8) is 0 Å². The SMILES string of the molecule is COc1ccccc1N1CCN(C(=O)c2cc(Cl)ccc2Cl)CC1. The van der Waals surface area contributed by atoms with Crippen LogP contribution in [0.3, 0.4) is 0 Å². The van der Waals surface area contributed by atoms with Gasteiger partial charge >= 0.3 is 0 Å². The summed E-state index contributed by atoms with van der Waals surface area (Å²) in [5.74, 6) is 0.761. The van der Waals surface area contributed by atoms with E-state index in [4.69, 9.17) is 27.9 Å². The van der Waals surface area contributed by atoms with Gasteiger partial charge in [0.25, 0.3) is 5.91 Å². The molecule has 0 saturated carbocycles. The molecule has 1 fully saturated rings. The van der Waals surface area contributed by atoms with Crippen LogP contribution in [0.25, 0.3) is 0 Å². The molecule has 2 aromatic rings. The van der Waals surface area contributed by atoms with Gasteiger partial charge in [-0.05, 0) is 30.3 Å². The number of nitrogens with zero attached hydrogens (tertiary/aromatic N) is 2. The molecule has 0 atom stereocenters. The molecule has 4 nitrogen and oxygen atoms in total. The van der Waals surface area contributed by atoms with E-state index >= 15 is 0 Å². The van der Waals surface area contributed by atoms with Gasteiger partial charge in [-0.15, -0.1) is 0 Å². The molecule has 0 spiro atoms. The molecule has 24 heavy (non-hydrogen) atoms. The van der Waals surface area contributed by atoms with Crippen LogP contribution >= 0.6 is 23.2 Å². The number of para-hydroxylation sites is 2. The molecule has 1 saturated heterocycles. The van der Waals surface area contributed by atoms with Crippen molar-refractivity contribution in [3.8, 4) is 5.75 Å². The van der Waals surface area contributed by atoms with E-state index in [1.54, 1.807) is 25.3 Å². The lowest BCUT2D eigenvalue weighted by Gasteiger charge is -2.36. The van der Waals surface area contributed by atoms with E-state index in [1.165, 1.54) is 0 Å². The molecule has 0 aromatic heterocycles. The Morgan fingerprint density at radius 3 is 2.46 bits per heavy atom. The summed E-state index contributed by atoms with van der Waals surface area (Å²) in [7, 11) is 1.67. The predicted octanol–water partition coefficient (Wildman–Crippen LogP) is 3.96. The minimum atomic E-state index is -0.0813. The van der Waals surface area contributed by atoms with Gasteiger partial charge in [-0.1, -0.05) is 35.3 Å². The molecule has 0 aliphatic carbocycles. The highest BCUT2D eigenvalue weighted by Gasteiger charge is 2.25. The van der Waals surface area contributed by atoms with E-state index in [1.807, 2.05) is 29.2 Å². The summed E-state index contributed by atoms with van der Waals surface area (Å²) < 4.78 is 5.42. The molecule has 3 rings (SSSR count). The Hall–Kier alpha value is -1.91. The van der Waals surface area contributed by atoms with Crippen LogP contribution < -0.4 is 9.64 Å². The predicted molar refractivity (Wildman–Crippen MR) is 97.6 cm³/mol. The molecule has 0 N–H and O–H groups in total. The monoisotopic (exact) mass is 364 g/mol. The lowest BCUT2D eigenvalue weighted by molar-refractivity contribution is 0.0747. The van der Waals surface area contributed by atoms with Gasteiger partial charge in [0.05, 0.1) is 23.4 Å². The molecule has 0 radical (unpaired) electrons. The number of amides is 1. The van der Waals surface area contributed by atoms with E-state index in [0.717, 1.165) is 24.5 Å². The Balaban J connectivity index is 1.71. The first-order chi connectivity index (χ1) is 11.6. The number of benzene rings is 2. The zero-order valence-corrected chi connectivity index (χ0v) is 14.8. The van der Waals surface area contributed by atoms with Crippen LogP contribution in [0.4, 0.5) is 5.69 Å². The van der Waals surface area contributed by atoms with Crippen molar-refractivity contribution in [1.82, 2.24) is 4.90 Å². The van der Waals surface area contributed by atoms with Crippen LogP contribution in [0.1, 0.15) is 10.4 Å². The molecule has 6 heteroatoms. The number of piperazine rings is 1. The van der Waals surface area contributed by atoms with Crippen molar-refractivity contribution in [1.29, 1.82) is 0 Å². The molecule has 2 aromatic carbocycles. The van der Waals surface area contributed by atoms with Crippen molar-refractivity contribution < 1.29 is 9.53 Å². The standard InChI is InChI=1S/C18H18Cl2N2O2/c1-24-17-5-3-2-4-16(17)21-8-10-22(11-9-21)18(23)14-12-13(19)6-7-15(14)20/h2-7,12H,8-11H2,1H3. The number of ether oxygens (including phenoxy) is 1. The van der Waals surface area contributed by atoms with Crippen molar-refractivity contribution >= 4 is 34.8 Å². The average Bonchev–Trinajstić information content (AvgIpc) is 2.63. The lowest BCUT2D eigenvalue weighted by Crippen LogP contribution is -2.49. The average molecular weight is 365 g/mol. The third-order valence-corrected chi connectivity index (χ3v) is 4.72. The van der Waals surface area contributed by atoms with Gasteiger partial charge in [0.1, 0.15) is 5.75 Å². The number of hydrogen-bond acceptors (Lipinski definition) is 3. The number of rotatable bonds is 3. The van der Waals surface area contributed by atoms with Gasteiger partial charge in [0, 0.05) is 31.2 Å². The maximum absolute atomic E-state index is 12.7. The van der Waals surface area contributed by atoms with Gasteiger partial charge in [-0.3, -0.25) is 4.79 Å². The summed E-state index contributed by atoms with van der Waals surface area (Å²) in [6.07, 6.45) is 0. The maximum atomic E-state index is 12.7. The van der Waals surface area contributed by atoms with E-state index in [9.17, 15) is 4.79 Å². The highest BCUT2D eigenvalue weighted by molar-refractivity contribution is 6.35. The fraction of sp³-hybridized carbons (Fsp3) is 0.278. The van der Waals surface area contributed by atoms with Crippen LogP contribution in [0.5, 0.6) is 5.75 Å². The number of halogens is 2. The van der Waals surface area contributed by atoms with Gasteiger partial charge in [0.15, 0.2) is 0 Å². The fourth-order valence-electron chi connectivity index (χ4n) is 2.87. The van der Waals surface area contributed by atoms with E-state index in [-0.39, 0.29) is 5.91 Å². The lowest BCUT2D eigenvalue weighted by atomic mass is 10.1. The molecule has 1 amide bonds. The Morgan fingerprint density at radius 2 is 1.75 bits per heavy atom. The zero-order valence-electron chi connectivity index (χ0n) is 13.3. The molecule has 0 unspecified atom stereocenters. The Morgan fingerprint density at radius 1 is 1.04 bits per heavy atom. The zero-order chi connectivity index (χ0) is 17.1. The molecule has 126 valence electrons. The second-order valence-corrected chi connectivity index (χ2v) is 6.42. The third kappa shape index (κ3) is 3.45. The summed E-state index contributed by atoms with van der Waals surface area (Å²) >= 11 is 12.1. The first kappa shape index (κ1) is 16.9. The van der Waals surface area contributed by atoms with E-state index in [2.05, 4.69) is 4.90 Å². The smallest absolute Gasteiger partial charge is 0.255 e. The number of carbonyl (C=O) groups excluding carboxylic acids is 1. The van der Waals surface area contributed by atoms with Crippen LogP contribution in [0.15, 0.2) is 42.5 Å². The summed E-state index contributed by atoms with van der Waals surface area (Å²) in [6, 6.07) is 12.9. The first-order valence-corrected chi connectivity index (χ1v) is 8.48.